The number of ether oxygens (including phenoxy) is 1. The van der Waals surface area contributed by atoms with E-state index in [9.17, 15) is 5.26 Å². The second-order valence-corrected chi connectivity index (χ2v) is 5.03. The SMILES string of the molecule is COc1ccccc1C(C#N)CN1CCN(C)CC1. The number of likely N-dealkylation sites (N-methyl/N-ethyl adjacent to an activating group) is 1. The summed E-state index contributed by atoms with van der Waals surface area (Å²) in [6.45, 7) is 4.99. The van der Waals surface area contributed by atoms with Crippen LogP contribution >= 0.6 is 0 Å². The van der Waals surface area contributed by atoms with Gasteiger partial charge in [-0.15, -0.1) is 0 Å². The van der Waals surface area contributed by atoms with Crippen LogP contribution < -0.4 is 4.74 Å². The van der Waals surface area contributed by atoms with Gasteiger partial charge in [0, 0.05) is 38.3 Å². The molecule has 2 rings (SSSR count). The number of piperazine rings is 1. The molecule has 0 radical (unpaired) electrons. The van der Waals surface area contributed by atoms with Crippen LogP contribution in [0.25, 0.3) is 0 Å². The monoisotopic (exact) mass is 259 g/mol. The number of hydrogen-bond acceptors (Lipinski definition) is 4. The molecular weight excluding hydrogens is 238 g/mol. The summed E-state index contributed by atoms with van der Waals surface area (Å²) in [7, 11) is 3.79. The third-order valence-corrected chi connectivity index (χ3v) is 3.71. The Hall–Kier alpha value is -1.57. The normalized spacial score (nSPS) is 18.8. The maximum absolute atomic E-state index is 9.44. The molecule has 0 aliphatic carbocycles. The second-order valence-electron chi connectivity index (χ2n) is 5.03. The molecule has 1 aliphatic heterocycles. The van der Waals surface area contributed by atoms with Crippen molar-refractivity contribution in [1.29, 1.82) is 5.26 Å². The van der Waals surface area contributed by atoms with Crippen LogP contribution in [-0.4, -0.2) is 56.7 Å². The summed E-state index contributed by atoms with van der Waals surface area (Å²) in [4.78, 5) is 4.68. The van der Waals surface area contributed by atoms with Gasteiger partial charge in [0.15, 0.2) is 0 Å². The van der Waals surface area contributed by atoms with Crippen LogP contribution in [0.4, 0.5) is 0 Å². The Morgan fingerprint density at radius 1 is 1.26 bits per heavy atom. The van der Waals surface area contributed by atoms with Crippen molar-refractivity contribution in [2.75, 3.05) is 46.9 Å². The molecule has 4 nitrogen and oxygen atoms in total. The molecule has 0 aromatic heterocycles. The van der Waals surface area contributed by atoms with Crippen molar-refractivity contribution in [2.45, 2.75) is 5.92 Å². The van der Waals surface area contributed by atoms with Gasteiger partial charge in [0.1, 0.15) is 5.75 Å². The summed E-state index contributed by atoms with van der Waals surface area (Å²) in [6, 6.07) is 10.2. The third kappa shape index (κ3) is 3.46. The van der Waals surface area contributed by atoms with Crippen LogP contribution in [0, 0.1) is 11.3 Å². The number of nitrogens with zero attached hydrogens (tertiary/aromatic N) is 3. The van der Waals surface area contributed by atoms with Crippen LogP contribution in [0.1, 0.15) is 11.5 Å². The number of para-hydroxylation sites is 1. The van der Waals surface area contributed by atoms with E-state index in [2.05, 4.69) is 22.9 Å². The molecule has 19 heavy (non-hydrogen) atoms. The van der Waals surface area contributed by atoms with E-state index in [4.69, 9.17) is 4.74 Å². The minimum atomic E-state index is -0.125. The summed E-state index contributed by atoms with van der Waals surface area (Å²) in [5.41, 5.74) is 0.992. The number of rotatable bonds is 4. The highest BCUT2D eigenvalue weighted by molar-refractivity contribution is 5.39. The van der Waals surface area contributed by atoms with Crippen molar-refractivity contribution < 1.29 is 4.74 Å². The number of hydrogen-bond donors (Lipinski definition) is 0. The summed E-state index contributed by atoms with van der Waals surface area (Å²) >= 11 is 0. The molecule has 0 saturated carbocycles. The van der Waals surface area contributed by atoms with Crippen LogP contribution in [0.3, 0.4) is 0 Å². The minimum Gasteiger partial charge on any atom is -0.496 e. The summed E-state index contributed by atoms with van der Waals surface area (Å²) in [6.07, 6.45) is 0. The Balaban J connectivity index is 2.06. The van der Waals surface area contributed by atoms with Crippen molar-refractivity contribution in [3.8, 4) is 11.8 Å². The van der Waals surface area contributed by atoms with Crippen LogP contribution in [-0.2, 0) is 0 Å². The fourth-order valence-electron chi connectivity index (χ4n) is 2.45. The first-order valence-electron chi connectivity index (χ1n) is 6.68. The predicted molar refractivity (Wildman–Crippen MR) is 75.3 cm³/mol. The molecule has 1 saturated heterocycles. The average molecular weight is 259 g/mol. The number of benzene rings is 1. The molecule has 1 aliphatic rings. The largest absolute Gasteiger partial charge is 0.496 e. The highest BCUT2D eigenvalue weighted by Gasteiger charge is 2.21. The lowest BCUT2D eigenvalue weighted by Gasteiger charge is -2.33. The van der Waals surface area contributed by atoms with Crippen molar-refractivity contribution in [2.24, 2.45) is 0 Å². The van der Waals surface area contributed by atoms with Gasteiger partial charge in [-0.2, -0.15) is 5.26 Å². The smallest absolute Gasteiger partial charge is 0.123 e. The Bertz CT molecular complexity index is 447. The second kappa shape index (κ2) is 6.55. The highest BCUT2D eigenvalue weighted by Crippen LogP contribution is 2.26. The van der Waals surface area contributed by atoms with Gasteiger partial charge < -0.3 is 9.64 Å². The predicted octanol–water partition coefficient (Wildman–Crippen LogP) is 1.55. The van der Waals surface area contributed by atoms with E-state index in [0.717, 1.165) is 44.0 Å². The molecule has 0 spiro atoms. The first-order chi connectivity index (χ1) is 9.24. The van der Waals surface area contributed by atoms with Gasteiger partial charge in [0.2, 0.25) is 0 Å². The summed E-state index contributed by atoms with van der Waals surface area (Å²) in [5, 5.41) is 9.44. The van der Waals surface area contributed by atoms with Gasteiger partial charge in [0.25, 0.3) is 0 Å². The maximum Gasteiger partial charge on any atom is 0.123 e. The zero-order chi connectivity index (χ0) is 13.7. The lowest BCUT2D eigenvalue weighted by molar-refractivity contribution is 0.151. The van der Waals surface area contributed by atoms with Crippen molar-refractivity contribution >= 4 is 0 Å². The van der Waals surface area contributed by atoms with E-state index in [1.807, 2.05) is 24.3 Å². The molecule has 1 unspecified atom stereocenters. The van der Waals surface area contributed by atoms with E-state index in [1.165, 1.54) is 0 Å². The molecule has 1 fully saturated rings. The zero-order valence-electron chi connectivity index (χ0n) is 11.7. The molecule has 0 amide bonds. The van der Waals surface area contributed by atoms with Crippen LogP contribution in [0.15, 0.2) is 24.3 Å². The fraction of sp³-hybridized carbons (Fsp3) is 0.533. The van der Waals surface area contributed by atoms with E-state index >= 15 is 0 Å². The van der Waals surface area contributed by atoms with Crippen molar-refractivity contribution in [3.63, 3.8) is 0 Å². The van der Waals surface area contributed by atoms with Crippen LogP contribution in [0.5, 0.6) is 5.75 Å². The summed E-state index contributed by atoms with van der Waals surface area (Å²) < 4.78 is 5.36. The molecule has 0 bridgehead atoms. The molecule has 0 N–H and O–H groups in total. The van der Waals surface area contributed by atoms with E-state index in [-0.39, 0.29) is 5.92 Å². The average Bonchev–Trinajstić information content (AvgIpc) is 2.46. The quantitative estimate of drug-likeness (QED) is 0.822. The van der Waals surface area contributed by atoms with Gasteiger partial charge >= 0.3 is 0 Å². The molecule has 1 aromatic rings. The topological polar surface area (TPSA) is 39.5 Å². The first-order valence-corrected chi connectivity index (χ1v) is 6.68. The van der Waals surface area contributed by atoms with Gasteiger partial charge in [-0.25, -0.2) is 0 Å². The minimum absolute atomic E-state index is 0.125. The third-order valence-electron chi connectivity index (χ3n) is 3.71. The Labute approximate surface area is 115 Å². The van der Waals surface area contributed by atoms with E-state index < -0.39 is 0 Å². The first kappa shape index (κ1) is 13.9. The zero-order valence-corrected chi connectivity index (χ0v) is 11.7. The molecular formula is C15H21N3O. The van der Waals surface area contributed by atoms with E-state index in [1.54, 1.807) is 7.11 Å². The van der Waals surface area contributed by atoms with E-state index in [0.29, 0.717) is 0 Å². The fourth-order valence-corrected chi connectivity index (χ4v) is 2.45. The molecule has 1 aromatic carbocycles. The molecule has 102 valence electrons. The lowest BCUT2D eigenvalue weighted by atomic mass is 9.98. The van der Waals surface area contributed by atoms with Crippen LogP contribution in [0.2, 0.25) is 0 Å². The standard InChI is InChI=1S/C15H21N3O/c1-17-7-9-18(10-8-17)12-13(11-16)14-5-3-4-6-15(14)19-2/h3-6,13H,7-10,12H2,1-2H3. The van der Waals surface area contributed by atoms with Gasteiger partial charge in [-0.05, 0) is 13.1 Å². The Kier molecular flexibility index (Phi) is 4.78. The summed E-state index contributed by atoms with van der Waals surface area (Å²) in [5.74, 6) is 0.683. The van der Waals surface area contributed by atoms with Gasteiger partial charge in [-0.1, -0.05) is 18.2 Å². The highest BCUT2D eigenvalue weighted by atomic mass is 16.5. The Morgan fingerprint density at radius 3 is 2.58 bits per heavy atom. The van der Waals surface area contributed by atoms with Gasteiger partial charge in [0.05, 0.1) is 19.1 Å². The maximum atomic E-state index is 9.44. The lowest BCUT2D eigenvalue weighted by Crippen LogP contribution is -2.45. The number of nitriles is 1. The molecule has 1 atom stereocenters. The van der Waals surface area contributed by atoms with Crippen molar-refractivity contribution in [3.05, 3.63) is 29.8 Å². The molecule has 4 heteroatoms. The Morgan fingerprint density at radius 2 is 1.95 bits per heavy atom. The van der Waals surface area contributed by atoms with Gasteiger partial charge in [-0.3, -0.25) is 4.90 Å². The van der Waals surface area contributed by atoms with Crippen molar-refractivity contribution in [1.82, 2.24) is 9.80 Å². The number of methoxy groups -OCH3 is 1. The molecule has 1 heterocycles.